The summed E-state index contributed by atoms with van der Waals surface area (Å²) < 4.78 is 17.7. The van der Waals surface area contributed by atoms with Crippen LogP contribution in [0.15, 0.2) is 46.4 Å². The first-order chi connectivity index (χ1) is 15.8. The Kier molecular flexibility index (Phi) is 7.75. The second-order valence-electron chi connectivity index (χ2n) is 7.29. The molecule has 2 aromatic rings. The van der Waals surface area contributed by atoms with Crippen molar-refractivity contribution in [1.82, 2.24) is 5.32 Å². The fraction of sp³-hybridized carbons (Fsp3) is 0.292. The predicted molar refractivity (Wildman–Crippen MR) is 128 cm³/mol. The molecule has 1 heterocycles. The summed E-state index contributed by atoms with van der Waals surface area (Å²) in [7, 11) is 0. The normalized spacial score (nSPS) is 15.2. The van der Waals surface area contributed by atoms with E-state index in [0.29, 0.717) is 40.5 Å². The Bertz CT molecular complexity index is 1110. The topological polar surface area (TPSA) is 94.2 Å². The summed E-state index contributed by atoms with van der Waals surface area (Å²) in [6, 6.07) is 9.19. The van der Waals surface area contributed by atoms with Gasteiger partial charge in [0.25, 0.3) is 11.8 Å². The van der Waals surface area contributed by atoms with Crippen LogP contribution in [0.2, 0.25) is 0 Å². The quantitative estimate of drug-likeness (QED) is 0.403. The highest BCUT2D eigenvalue weighted by Gasteiger charge is 2.38. The Morgan fingerprint density at radius 3 is 2.36 bits per heavy atom. The zero-order valence-electron chi connectivity index (χ0n) is 18.8. The highest BCUT2D eigenvalue weighted by Crippen LogP contribution is 2.38. The van der Waals surface area contributed by atoms with Gasteiger partial charge < -0.3 is 14.2 Å². The molecule has 0 radical (unpaired) electrons. The van der Waals surface area contributed by atoms with E-state index in [1.807, 2.05) is 20.8 Å². The van der Waals surface area contributed by atoms with Gasteiger partial charge in [-0.15, -0.1) is 0 Å². The highest BCUT2D eigenvalue weighted by atomic mass is 79.9. The van der Waals surface area contributed by atoms with Crippen molar-refractivity contribution in [3.8, 4) is 17.2 Å². The van der Waals surface area contributed by atoms with Crippen molar-refractivity contribution in [2.45, 2.75) is 33.8 Å². The van der Waals surface area contributed by atoms with E-state index in [-0.39, 0.29) is 17.4 Å². The fourth-order valence-corrected chi connectivity index (χ4v) is 3.80. The molecule has 0 aromatic heterocycles. The maximum atomic E-state index is 13.3. The summed E-state index contributed by atoms with van der Waals surface area (Å²) in [6.45, 7) is 8.18. The minimum atomic E-state index is -0.842. The van der Waals surface area contributed by atoms with Crippen LogP contribution in [0.4, 0.5) is 10.5 Å². The number of imide groups is 2. The smallest absolute Gasteiger partial charge is 0.336 e. The molecule has 33 heavy (non-hydrogen) atoms. The van der Waals surface area contributed by atoms with Crippen molar-refractivity contribution in [2.75, 3.05) is 18.1 Å². The standard InChI is InChI=1S/C24H25BrN2O6/c1-5-31-19-10-8-7-9-18(19)27-23(29)16(22(28)26-24(27)30)11-15-12-17(25)21(33-14(3)4)20(13-15)32-6-2/h7-14H,5-6H2,1-4H3,(H,26,28,30)/b16-11+. The molecular formula is C24H25BrN2O6. The van der Waals surface area contributed by atoms with E-state index in [1.165, 1.54) is 6.08 Å². The summed E-state index contributed by atoms with van der Waals surface area (Å²) >= 11 is 3.48. The first kappa shape index (κ1) is 24.3. The Morgan fingerprint density at radius 1 is 1.03 bits per heavy atom. The first-order valence-electron chi connectivity index (χ1n) is 10.5. The number of rotatable bonds is 8. The van der Waals surface area contributed by atoms with Gasteiger partial charge in [-0.25, -0.2) is 9.69 Å². The largest absolute Gasteiger partial charge is 0.492 e. The maximum absolute atomic E-state index is 13.3. The molecule has 0 bridgehead atoms. The molecule has 1 aliphatic rings. The van der Waals surface area contributed by atoms with E-state index in [2.05, 4.69) is 21.2 Å². The molecule has 1 saturated heterocycles. The molecule has 9 heteroatoms. The SMILES string of the molecule is CCOc1ccccc1N1C(=O)NC(=O)/C(=C\c2cc(Br)c(OC(C)C)c(OCC)c2)C1=O. The number of nitrogens with zero attached hydrogens (tertiary/aromatic N) is 1. The van der Waals surface area contributed by atoms with Crippen molar-refractivity contribution >= 4 is 45.5 Å². The number of carbonyl (C=O) groups excluding carboxylic acids is 3. The number of amides is 4. The minimum Gasteiger partial charge on any atom is -0.492 e. The molecule has 1 aliphatic heterocycles. The van der Waals surface area contributed by atoms with E-state index in [1.54, 1.807) is 43.3 Å². The van der Waals surface area contributed by atoms with Crippen molar-refractivity contribution in [3.05, 3.63) is 52.0 Å². The van der Waals surface area contributed by atoms with Crippen molar-refractivity contribution in [2.24, 2.45) is 0 Å². The molecule has 4 amide bonds. The number of hydrogen-bond donors (Lipinski definition) is 1. The van der Waals surface area contributed by atoms with E-state index < -0.39 is 17.8 Å². The number of hydrogen-bond acceptors (Lipinski definition) is 6. The van der Waals surface area contributed by atoms with Crippen LogP contribution in [0.1, 0.15) is 33.3 Å². The lowest BCUT2D eigenvalue weighted by Crippen LogP contribution is -2.54. The molecule has 3 rings (SSSR count). The van der Waals surface area contributed by atoms with Gasteiger partial charge in [0.15, 0.2) is 11.5 Å². The first-order valence-corrected chi connectivity index (χ1v) is 11.3. The van der Waals surface area contributed by atoms with Gasteiger partial charge in [0.2, 0.25) is 0 Å². The number of halogens is 1. The lowest BCUT2D eigenvalue weighted by Gasteiger charge is -2.27. The molecule has 8 nitrogen and oxygen atoms in total. The molecule has 1 fully saturated rings. The summed E-state index contributed by atoms with van der Waals surface area (Å²) in [4.78, 5) is 39.3. The summed E-state index contributed by atoms with van der Waals surface area (Å²) in [5.74, 6) is -0.199. The van der Waals surface area contributed by atoms with Crippen molar-refractivity contribution in [3.63, 3.8) is 0 Å². The fourth-order valence-electron chi connectivity index (χ4n) is 3.25. The van der Waals surface area contributed by atoms with Gasteiger partial charge in [-0.1, -0.05) is 12.1 Å². The number of nitrogens with one attached hydrogen (secondary N) is 1. The van der Waals surface area contributed by atoms with E-state index in [0.717, 1.165) is 4.90 Å². The minimum absolute atomic E-state index is 0.0830. The molecular weight excluding hydrogens is 492 g/mol. The van der Waals surface area contributed by atoms with Crippen molar-refractivity contribution < 1.29 is 28.6 Å². The summed E-state index contributed by atoms with van der Waals surface area (Å²) in [6.07, 6.45) is 1.33. The van der Waals surface area contributed by atoms with Gasteiger partial charge in [-0.3, -0.25) is 14.9 Å². The molecule has 0 unspecified atom stereocenters. The number of benzene rings is 2. The number of anilines is 1. The molecule has 1 N–H and O–H groups in total. The van der Waals surface area contributed by atoms with Crippen LogP contribution in [0.3, 0.4) is 0 Å². The lowest BCUT2D eigenvalue weighted by atomic mass is 10.1. The van der Waals surface area contributed by atoms with Crippen LogP contribution in [0, 0.1) is 0 Å². The van der Waals surface area contributed by atoms with Gasteiger partial charge in [0.05, 0.1) is 29.5 Å². The third kappa shape index (κ3) is 5.36. The van der Waals surface area contributed by atoms with Crippen LogP contribution < -0.4 is 24.4 Å². The number of para-hydroxylation sites is 2. The monoisotopic (exact) mass is 516 g/mol. The zero-order valence-corrected chi connectivity index (χ0v) is 20.4. The molecule has 0 atom stereocenters. The molecule has 174 valence electrons. The number of urea groups is 1. The second-order valence-corrected chi connectivity index (χ2v) is 8.14. The number of ether oxygens (including phenoxy) is 3. The molecule has 0 saturated carbocycles. The zero-order chi connectivity index (χ0) is 24.1. The van der Waals surface area contributed by atoms with Crippen LogP contribution in [0.25, 0.3) is 6.08 Å². The van der Waals surface area contributed by atoms with Gasteiger partial charge >= 0.3 is 6.03 Å². The summed E-state index contributed by atoms with van der Waals surface area (Å²) in [5.41, 5.74) is 0.567. The second kappa shape index (κ2) is 10.5. The molecule has 0 spiro atoms. The number of barbiturate groups is 1. The van der Waals surface area contributed by atoms with Crippen LogP contribution in [0.5, 0.6) is 17.2 Å². The highest BCUT2D eigenvalue weighted by molar-refractivity contribution is 9.10. The Labute approximate surface area is 200 Å². The van der Waals surface area contributed by atoms with E-state index in [4.69, 9.17) is 14.2 Å². The van der Waals surface area contributed by atoms with Crippen molar-refractivity contribution in [1.29, 1.82) is 0 Å². The summed E-state index contributed by atoms with van der Waals surface area (Å²) in [5, 5.41) is 2.23. The van der Waals surface area contributed by atoms with Gasteiger partial charge in [-0.2, -0.15) is 0 Å². The predicted octanol–water partition coefficient (Wildman–Crippen LogP) is 4.70. The Morgan fingerprint density at radius 2 is 1.70 bits per heavy atom. The average molecular weight is 517 g/mol. The molecule has 2 aromatic carbocycles. The Balaban J connectivity index is 2.05. The van der Waals surface area contributed by atoms with Gasteiger partial charge in [0.1, 0.15) is 11.3 Å². The van der Waals surface area contributed by atoms with E-state index in [9.17, 15) is 14.4 Å². The average Bonchev–Trinajstić information content (AvgIpc) is 2.75. The molecule has 0 aliphatic carbocycles. The number of carbonyl (C=O) groups is 3. The van der Waals surface area contributed by atoms with Crippen LogP contribution >= 0.6 is 15.9 Å². The van der Waals surface area contributed by atoms with Gasteiger partial charge in [-0.05, 0) is 79.5 Å². The third-order valence-electron chi connectivity index (χ3n) is 4.50. The van der Waals surface area contributed by atoms with Crippen LogP contribution in [-0.2, 0) is 9.59 Å². The van der Waals surface area contributed by atoms with Gasteiger partial charge in [0, 0.05) is 0 Å². The van der Waals surface area contributed by atoms with Crippen LogP contribution in [-0.4, -0.2) is 37.2 Å². The Hall–Kier alpha value is -3.33. The maximum Gasteiger partial charge on any atom is 0.336 e. The lowest BCUT2D eigenvalue weighted by molar-refractivity contribution is -0.122. The van der Waals surface area contributed by atoms with E-state index >= 15 is 0 Å². The third-order valence-corrected chi connectivity index (χ3v) is 5.09.